The number of nitriles is 1. The summed E-state index contributed by atoms with van der Waals surface area (Å²) in [5.41, 5.74) is 1.03. The molecule has 0 fully saturated rings. The molecule has 2 N–H and O–H groups in total. The van der Waals surface area contributed by atoms with Crippen molar-refractivity contribution in [2.24, 2.45) is 0 Å². The molecule has 0 unspecified atom stereocenters. The Morgan fingerprint density at radius 3 is 2.36 bits per heavy atom. The van der Waals surface area contributed by atoms with Crippen LogP contribution in [0.5, 0.6) is 0 Å². The Morgan fingerprint density at radius 2 is 1.71 bits per heavy atom. The summed E-state index contributed by atoms with van der Waals surface area (Å²) in [5, 5.41) is 20.4. The minimum atomic E-state index is -3.74. The Hall–Kier alpha value is -2.55. The molecule has 0 bridgehead atoms. The lowest BCUT2D eigenvalue weighted by atomic mass is 10.2. The molecule has 0 spiro atoms. The quantitative estimate of drug-likeness (QED) is 0.533. The lowest BCUT2D eigenvalue weighted by Crippen LogP contribution is -2.16. The second kappa shape index (κ2) is 9.59. The zero-order valence-electron chi connectivity index (χ0n) is 14.9. The highest BCUT2D eigenvalue weighted by molar-refractivity contribution is 7.91. The third-order valence-corrected chi connectivity index (χ3v) is 7.32. The molecule has 150 valence electrons. The Kier molecular flexibility index (Phi) is 7.45. The predicted molar refractivity (Wildman–Crippen MR) is 103 cm³/mol. The molecule has 1 aromatic carbocycles. The van der Waals surface area contributed by atoms with Crippen LogP contribution in [-0.4, -0.2) is 55.8 Å². The Morgan fingerprint density at radius 1 is 1.04 bits per heavy atom. The van der Waals surface area contributed by atoms with Gasteiger partial charge in [-0.3, -0.25) is 0 Å². The van der Waals surface area contributed by atoms with Gasteiger partial charge in [-0.2, -0.15) is 5.26 Å². The lowest BCUT2D eigenvalue weighted by Gasteiger charge is -2.11. The first kappa shape index (κ1) is 21.7. The zero-order valence-corrected chi connectivity index (χ0v) is 16.6. The fourth-order valence-corrected chi connectivity index (χ4v) is 4.92. The molecule has 0 aliphatic carbocycles. The van der Waals surface area contributed by atoms with Gasteiger partial charge in [-0.1, -0.05) is 0 Å². The van der Waals surface area contributed by atoms with Gasteiger partial charge in [0.2, 0.25) is 0 Å². The van der Waals surface area contributed by atoms with Gasteiger partial charge in [0.25, 0.3) is 0 Å². The number of unbranched alkanes of at least 4 members (excludes halogenated alkanes) is 1. The number of aromatic nitrogens is 2. The molecule has 2 rings (SSSR count). The fourth-order valence-electron chi connectivity index (χ4n) is 2.37. The fraction of sp³-hybridized carbons (Fsp3) is 0.353. The first-order chi connectivity index (χ1) is 13.3. The van der Waals surface area contributed by atoms with Crippen molar-refractivity contribution in [1.82, 2.24) is 9.97 Å². The van der Waals surface area contributed by atoms with E-state index in [4.69, 9.17) is 10.4 Å². The molecule has 0 amide bonds. The number of aliphatic hydroxyl groups is 1. The number of hydrogen-bond donors (Lipinski definition) is 2. The maximum atomic E-state index is 12.6. The van der Waals surface area contributed by atoms with Crippen molar-refractivity contribution < 1.29 is 21.9 Å². The van der Waals surface area contributed by atoms with E-state index in [0.717, 1.165) is 0 Å². The second-order valence-electron chi connectivity index (χ2n) is 5.95. The van der Waals surface area contributed by atoms with Gasteiger partial charge in [-0.25, -0.2) is 26.8 Å². The van der Waals surface area contributed by atoms with Crippen molar-refractivity contribution in [3.8, 4) is 6.07 Å². The highest BCUT2D eigenvalue weighted by Crippen LogP contribution is 2.23. The second-order valence-corrected chi connectivity index (χ2v) is 10.3. The first-order valence-electron chi connectivity index (χ1n) is 8.38. The molecule has 0 aliphatic heterocycles. The summed E-state index contributed by atoms with van der Waals surface area (Å²) in [6.07, 6.45) is 2.73. The Bertz CT molecular complexity index is 1050. The average molecular weight is 425 g/mol. The highest BCUT2D eigenvalue weighted by Gasteiger charge is 2.21. The minimum Gasteiger partial charge on any atom is -0.395 e. The van der Waals surface area contributed by atoms with Gasteiger partial charge >= 0.3 is 0 Å². The number of sulfone groups is 2. The summed E-state index contributed by atoms with van der Waals surface area (Å²) in [4.78, 5) is 7.67. The van der Waals surface area contributed by atoms with Gasteiger partial charge in [0, 0.05) is 5.69 Å². The molecule has 0 atom stereocenters. The van der Waals surface area contributed by atoms with Gasteiger partial charge in [-0.15, -0.1) is 0 Å². The number of anilines is 2. The van der Waals surface area contributed by atoms with E-state index in [9.17, 15) is 16.8 Å². The standard InChI is InChI=1S/C17H20N4O5S2/c18-11-14-3-5-15(6-4-14)21-17-16(12-19-13-20-17)28(25,26)9-2-1-8-27(23,24)10-7-22/h3-6,12-13,22H,1-2,7-10H2,(H,19,20,21). The van der Waals surface area contributed by atoms with Crippen LogP contribution in [0.4, 0.5) is 11.5 Å². The van der Waals surface area contributed by atoms with Crippen LogP contribution < -0.4 is 5.32 Å². The van der Waals surface area contributed by atoms with E-state index in [1.54, 1.807) is 24.3 Å². The number of nitrogens with zero attached hydrogens (tertiary/aromatic N) is 3. The summed E-state index contributed by atoms with van der Waals surface area (Å²) >= 11 is 0. The maximum Gasteiger partial charge on any atom is 0.183 e. The first-order valence-corrected chi connectivity index (χ1v) is 11.9. The molecule has 0 saturated carbocycles. The molecular formula is C17H20N4O5S2. The molecule has 1 heterocycles. The highest BCUT2D eigenvalue weighted by atomic mass is 32.2. The average Bonchev–Trinajstić information content (AvgIpc) is 2.66. The Labute approximate surface area is 163 Å². The summed E-state index contributed by atoms with van der Waals surface area (Å²) in [5.74, 6) is -0.653. The SMILES string of the molecule is N#Cc1ccc(Nc2ncncc2S(=O)(=O)CCCCS(=O)(=O)CCO)cc1. The summed E-state index contributed by atoms with van der Waals surface area (Å²) in [6, 6.07) is 8.43. The minimum absolute atomic E-state index is 0.0856. The van der Waals surface area contributed by atoms with Crippen LogP contribution in [0.1, 0.15) is 18.4 Å². The van der Waals surface area contributed by atoms with Crippen LogP contribution in [0.3, 0.4) is 0 Å². The Balaban J connectivity index is 2.08. The van der Waals surface area contributed by atoms with Crippen LogP contribution in [-0.2, 0) is 19.7 Å². The van der Waals surface area contributed by atoms with Crippen LogP contribution in [0, 0.1) is 11.3 Å². The third-order valence-electron chi connectivity index (χ3n) is 3.81. The van der Waals surface area contributed by atoms with Gasteiger partial charge in [0.1, 0.15) is 11.2 Å². The van der Waals surface area contributed by atoms with E-state index in [1.807, 2.05) is 6.07 Å². The van der Waals surface area contributed by atoms with Gasteiger partial charge in [-0.05, 0) is 37.1 Å². The molecular weight excluding hydrogens is 404 g/mol. The van der Waals surface area contributed by atoms with Crippen LogP contribution in [0.15, 0.2) is 41.7 Å². The molecule has 1 aromatic heterocycles. The largest absolute Gasteiger partial charge is 0.395 e. The number of benzene rings is 1. The molecule has 0 saturated heterocycles. The van der Waals surface area contributed by atoms with Crippen molar-refractivity contribution in [1.29, 1.82) is 5.26 Å². The molecule has 9 nitrogen and oxygen atoms in total. The number of rotatable bonds is 10. The van der Waals surface area contributed by atoms with Gasteiger partial charge in [0.05, 0.1) is 41.7 Å². The number of aliphatic hydroxyl groups excluding tert-OH is 1. The number of nitrogens with one attached hydrogen (secondary N) is 1. The molecule has 0 radical (unpaired) electrons. The third kappa shape index (κ3) is 6.26. The van der Waals surface area contributed by atoms with E-state index in [2.05, 4.69) is 15.3 Å². The van der Waals surface area contributed by atoms with Gasteiger partial charge in [0.15, 0.2) is 25.5 Å². The van der Waals surface area contributed by atoms with E-state index < -0.39 is 26.3 Å². The van der Waals surface area contributed by atoms with Crippen LogP contribution >= 0.6 is 0 Å². The molecule has 2 aromatic rings. The van der Waals surface area contributed by atoms with Crippen molar-refractivity contribution >= 4 is 31.2 Å². The zero-order chi connectivity index (χ0) is 20.6. The van der Waals surface area contributed by atoms with Crippen molar-refractivity contribution in [3.63, 3.8) is 0 Å². The summed E-state index contributed by atoms with van der Waals surface area (Å²) in [7, 11) is -7.11. The van der Waals surface area contributed by atoms with E-state index in [1.165, 1.54) is 12.5 Å². The van der Waals surface area contributed by atoms with Crippen LogP contribution in [0.2, 0.25) is 0 Å². The van der Waals surface area contributed by atoms with E-state index >= 15 is 0 Å². The topological polar surface area (TPSA) is 150 Å². The predicted octanol–water partition coefficient (Wildman–Crippen LogP) is 1.05. The van der Waals surface area contributed by atoms with Crippen molar-refractivity contribution in [3.05, 3.63) is 42.4 Å². The van der Waals surface area contributed by atoms with Gasteiger partial charge < -0.3 is 10.4 Å². The summed E-state index contributed by atoms with van der Waals surface area (Å²) < 4.78 is 48.4. The summed E-state index contributed by atoms with van der Waals surface area (Å²) in [6.45, 7) is -0.452. The monoisotopic (exact) mass is 424 g/mol. The van der Waals surface area contributed by atoms with Crippen molar-refractivity contribution in [2.75, 3.05) is 29.2 Å². The molecule has 11 heteroatoms. The lowest BCUT2D eigenvalue weighted by molar-refractivity contribution is 0.319. The molecule has 28 heavy (non-hydrogen) atoms. The number of hydrogen-bond acceptors (Lipinski definition) is 9. The smallest absolute Gasteiger partial charge is 0.183 e. The van der Waals surface area contributed by atoms with E-state index in [0.29, 0.717) is 11.3 Å². The van der Waals surface area contributed by atoms with Crippen LogP contribution in [0.25, 0.3) is 0 Å². The van der Waals surface area contributed by atoms with Crippen molar-refractivity contribution in [2.45, 2.75) is 17.7 Å². The van der Waals surface area contributed by atoms with E-state index in [-0.39, 0.29) is 40.8 Å². The normalized spacial score (nSPS) is 11.7. The maximum absolute atomic E-state index is 12.6. The molecule has 0 aliphatic rings.